The van der Waals surface area contributed by atoms with E-state index in [1.54, 1.807) is 50.6 Å². The lowest BCUT2D eigenvalue weighted by atomic mass is 10.0. The summed E-state index contributed by atoms with van der Waals surface area (Å²) in [5.41, 5.74) is 3.04. The molecule has 1 heterocycles. The molecule has 1 unspecified atom stereocenters. The number of carbonyl (C=O) groups excluding carboxylic acids is 2. The highest BCUT2D eigenvalue weighted by Crippen LogP contribution is 2.29. The van der Waals surface area contributed by atoms with E-state index in [0.29, 0.717) is 55.1 Å². The van der Waals surface area contributed by atoms with Gasteiger partial charge < -0.3 is 19.7 Å². The van der Waals surface area contributed by atoms with Crippen LogP contribution in [0.1, 0.15) is 47.6 Å². The third kappa shape index (κ3) is 9.04. The molecule has 0 bridgehead atoms. The first-order valence-corrected chi connectivity index (χ1v) is 17.8. The minimum atomic E-state index is -3.55. The molecule has 49 heavy (non-hydrogen) atoms. The van der Waals surface area contributed by atoms with Gasteiger partial charge in [-0.15, -0.1) is 0 Å². The number of rotatable bonds is 15. The molecular formula is C38H42FN3O6S. The number of nitrogens with zero attached hydrogens (tertiary/aromatic N) is 2. The molecule has 1 fully saturated rings. The summed E-state index contributed by atoms with van der Waals surface area (Å²) in [5.74, 6) is 0.176. The van der Waals surface area contributed by atoms with E-state index in [4.69, 9.17) is 9.47 Å². The summed E-state index contributed by atoms with van der Waals surface area (Å²) in [7, 11) is -0.413. The van der Waals surface area contributed by atoms with Crippen LogP contribution in [0.5, 0.6) is 11.5 Å². The second-order valence-corrected chi connectivity index (χ2v) is 13.9. The van der Waals surface area contributed by atoms with Crippen molar-refractivity contribution in [3.8, 4) is 11.5 Å². The van der Waals surface area contributed by atoms with Gasteiger partial charge in [0, 0.05) is 32.6 Å². The van der Waals surface area contributed by atoms with Crippen LogP contribution in [0.3, 0.4) is 0 Å². The standard InChI is InChI=1S/C38H42FN3O6S/c1-47-34-20-14-29(26-35(34)48-2)22-23-40-38(44)37(31-8-4-3-5-9-31)42(27-30-10-16-32(39)17-11-30)36(43)21-15-28-12-18-33(19-13-28)49(45,46)41-24-6-7-25-41/h3-5,8-14,16-20,26,37H,6-7,15,21-25,27H2,1-2H3,(H,40,44). The SMILES string of the molecule is COc1ccc(CCNC(=O)C(c2ccccc2)N(Cc2ccc(F)cc2)C(=O)CCc2ccc(S(=O)(=O)N3CCCC3)cc2)cc1OC. The Morgan fingerprint density at radius 2 is 1.45 bits per heavy atom. The number of halogens is 1. The smallest absolute Gasteiger partial charge is 0.247 e. The van der Waals surface area contributed by atoms with Gasteiger partial charge in [0.05, 0.1) is 19.1 Å². The summed E-state index contributed by atoms with van der Waals surface area (Å²) < 4.78 is 52.0. The number of benzene rings is 4. The Morgan fingerprint density at radius 1 is 0.816 bits per heavy atom. The zero-order valence-electron chi connectivity index (χ0n) is 27.8. The Balaban J connectivity index is 1.35. The Hall–Kier alpha value is -4.74. The minimum absolute atomic E-state index is 0.0711. The molecule has 1 atom stereocenters. The molecular weight excluding hydrogens is 645 g/mol. The molecule has 4 aromatic rings. The number of methoxy groups -OCH3 is 2. The minimum Gasteiger partial charge on any atom is -0.493 e. The summed E-state index contributed by atoms with van der Waals surface area (Å²) in [4.78, 5) is 29.8. The maximum atomic E-state index is 14.1. The lowest BCUT2D eigenvalue weighted by Gasteiger charge is -2.32. The van der Waals surface area contributed by atoms with Crippen LogP contribution in [-0.4, -0.2) is 63.3 Å². The number of nitrogens with one attached hydrogen (secondary N) is 1. The Bertz CT molecular complexity index is 1810. The van der Waals surface area contributed by atoms with Crippen LogP contribution in [0.25, 0.3) is 0 Å². The highest BCUT2D eigenvalue weighted by atomic mass is 32.2. The second kappa shape index (κ2) is 16.6. The number of hydrogen-bond acceptors (Lipinski definition) is 6. The molecule has 0 saturated carbocycles. The molecule has 1 N–H and O–H groups in total. The van der Waals surface area contributed by atoms with E-state index in [2.05, 4.69) is 5.32 Å². The summed E-state index contributed by atoms with van der Waals surface area (Å²) in [6.07, 6.45) is 2.64. The highest BCUT2D eigenvalue weighted by Gasteiger charge is 2.32. The van der Waals surface area contributed by atoms with Crippen molar-refractivity contribution in [1.29, 1.82) is 0 Å². The summed E-state index contributed by atoms with van der Waals surface area (Å²) in [6.45, 7) is 1.43. The number of sulfonamides is 1. The molecule has 4 aromatic carbocycles. The predicted octanol–water partition coefficient (Wildman–Crippen LogP) is 5.69. The van der Waals surface area contributed by atoms with Crippen molar-refractivity contribution in [2.45, 2.75) is 49.6 Å². The van der Waals surface area contributed by atoms with Crippen LogP contribution in [0.4, 0.5) is 4.39 Å². The number of carbonyl (C=O) groups is 2. The molecule has 5 rings (SSSR count). The van der Waals surface area contributed by atoms with Crippen LogP contribution in [0.2, 0.25) is 0 Å². The van der Waals surface area contributed by atoms with Crippen molar-refractivity contribution < 1.29 is 31.9 Å². The largest absolute Gasteiger partial charge is 0.493 e. The number of amides is 2. The van der Waals surface area contributed by atoms with Gasteiger partial charge in [0.15, 0.2) is 11.5 Å². The summed E-state index contributed by atoms with van der Waals surface area (Å²) in [6, 6.07) is 26.2. The molecule has 1 aliphatic rings. The van der Waals surface area contributed by atoms with Crippen LogP contribution >= 0.6 is 0 Å². The fourth-order valence-electron chi connectivity index (χ4n) is 5.98. The number of aryl methyl sites for hydroxylation is 1. The lowest BCUT2D eigenvalue weighted by molar-refractivity contribution is -0.141. The zero-order chi connectivity index (χ0) is 34.8. The van der Waals surface area contributed by atoms with Gasteiger partial charge in [-0.3, -0.25) is 9.59 Å². The van der Waals surface area contributed by atoms with E-state index in [-0.39, 0.29) is 29.7 Å². The van der Waals surface area contributed by atoms with Gasteiger partial charge in [0.1, 0.15) is 11.9 Å². The maximum absolute atomic E-state index is 14.1. The highest BCUT2D eigenvalue weighted by molar-refractivity contribution is 7.89. The average molecular weight is 688 g/mol. The monoisotopic (exact) mass is 687 g/mol. The molecule has 0 radical (unpaired) electrons. The third-order valence-electron chi connectivity index (χ3n) is 8.68. The fourth-order valence-corrected chi connectivity index (χ4v) is 7.50. The Morgan fingerprint density at radius 3 is 2.10 bits per heavy atom. The molecule has 11 heteroatoms. The zero-order valence-corrected chi connectivity index (χ0v) is 28.6. The van der Waals surface area contributed by atoms with Crippen LogP contribution < -0.4 is 14.8 Å². The molecule has 2 amide bonds. The van der Waals surface area contributed by atoms with Crippen LogP contribution in [0.15, 0.2) is 102 Å². The van der Waals surface area contributed by atoms with E-state index in [9.17, 15) is 22.4 Å². The Kier molecular flexibility index (Phi) is 12.0. The molecule has 1 aliphatic heterocycles. The quantitative estimate of drug-likeness (QED) is 0.172. The molecule has 0 aromatic heterocycles. The first-order valence-electron chi connectivity index (χ1n) is 16.4. The van der Waals surface area contributed by atoms with Gasteiger partial charge in [-0.25, -0.2) is 12.8 Å². The summed E-state index contributed by atoms with van der Waals surface area (Å²) in [5, 5.41) is 3.02. The van der Waals surface area contributed by atoms with E-state index in [1.807, 2.05) is 48.5 Å². The first-order chi connectivity index (χ1) is 23.7. The van der Waals surface area contributed by atoms with E-state index in [1.165, 1.54) is 21.3 Å². The Labute approximate surface area is 287 Å². The van der Waals surface area contributed by atoms with Gasteiger partial charge in [-0.1, -0.05) is 60.7 Å². The molecule has 0 aliphatic carbocycles. The molecule has 0 spiro atoms. The normalized spacial score (nSPS) is 13.9. The van der Waals surface area contributed by atoms with Crippen LogP contribution in [-0.2, 0) is 39.0 Å². The molecule has 9 nitrogen and oxygen atoms in total. The van der Waals surface area contributed by atoms with Gasteiger partial charge >= 0.3 is 0 Å². The van der Waals surface area contributed by atoms with Crippen LogP contribution in [0, 0.1) is 5.82 Å². The predicted molar refractivity (Wildman–Crippen MR) is 185 cm³/mol. The fraction of sp³-hybridized carbons (Fsp3) is 0.316. The lowest BCUT2D eigenvalue weighted by Crippen LogP contribution is -2.44. The van der Waals surface area contributed by atoms with Crippen molar-refractivity contribution in [3.05, 3.63) is 125 Å². The van der Waals surface area contributed by atoms with E-state index < -0.39 is 21.9 Å². The first kappa shape index (κ1) is 35.6. The van der Waals surface area contributed by atoms with Crippen molar-refractivity contribution in [3.63, 3.8) is 0 Å². The molecule has 1 saturated heterocycles. The van der Waals surface area contributed by atoms with E-state index in [0.717, 1.165) is 24.0 Å². The average Bonchev–Trinajstić information content (AvgIpc) is 3.68. The van der Waals surface area contributed by atoms with Gasteiger partial charge in [-0.05, 0) is 84.3 Å². The van der Waals surface area contributed by atoms with Gasteiger partial charge in [0.2, 0.25) is 21.8 Å². The van der Waals surface area contributed by atoms with Crippen molar-refractivity contribution in [2.75, 3.05) is 33.9 Å². The molecule has 258 valence electrons. The van der Waals surface area contributed by atoms with Gasteiger partial charge in [0.25, 0.3) is 0 Å². The van der Waals surface area contributed by atoms with Crippen molar-refractivity contribution in [1.82, 2.24) is 14.5 Å². The second-order valence-electron chi connectivity index (χ2n) is 11.9. The maximum Gasteiger partial charge on any atom is 0.247 e. The number of hydrogen-bond donors (Lipinski definition) is 1. The van der Waals surface area contributed by atoms with Crippen molar-refractivity contribution in [2.24, 2.45) is 0 Å². The number of ether oxygens (including phenoxy) is 2. The van der Waals surface area contributed by atoms with E-state index >= 15 is 0 Å². The topological polar surface area (TPSA) is 105 Å². The third-order valence-corrected chi connectivity index (χ3v) is 10.6. The van der Waals surface area contributed by atoms with Crippen molar-refractivity contribution >= 4 is 21.8 Å². The van der Waals surface area contributed by atoms with Gasteiger partial charge in [-0.2, -0.15) is 4.31 Å². The summed E-state index contributed by atoms with van der Waals surface area (Å²) >= 11 is 0.